The third-order valence-electron chi connectivity index (χ3n) is 5.13. The van der Waals surface area contributed by atoms with E-state index in [9.17, 15) is 4.79 Å². The molecule has 1 unspecified atom stereocenters. The molecule has 0 spiro atoms. The topological polar surface area (TPSA) is 54.0 Å². The fraction of sp³-hybridized carbons (Fsp3) is 0.650. The molecule has 1 aromatic rings. The largest absolute Gasteiger partial charge is 0.379 e. The van der Waals surface area contributed by atoms with Gasteiger partial charge in [0.1, 0.15) is 0 Å². The van der Waals surface area contributed by atoms with E-state index in [4.69, 9.17) is 9.47 Å². The molecule has 2 heterocycles. The first-order valence-corrected chi connectivity index (χ1v) is 9.71. The van der Waals surface area contributed by atoms with Crippen molar-refractivity contribution < 1.29 is 14.3 Å². The molecular formula is C20H31N3O3. The van der Waals surface area contributed by atoms with E-state index in [0.29, 0.717) is 13.1 Å². The summed E-state index contributed by atoms with van der Waals surface area (Å²) in [5.41, 5.74) is 2.56. The number of urea groups is 1. The number of carbonyl (C=O) groups excluding carboxylic acids is 1. The second-order valence-electron chi connectivity index (χ2n) is 7.11. The lowest BCUT2D eigenvalue weighted by atomic mass is 10.1. The molecule has 0 aromatic heterocycles. The van der Waals surface area contributed by atoms with Crippen LogP contribution in [-0.4, -0.2) is 81.0 Å². The highest BCUT2D eigenvalue weighted by molar-refractivity contribution is 5.74. The Labute approximate surface area is 156 Å². The van der Waals surface area contributed by atoms with E-state index in [1.807, 2.05) is 17.0 Å². The summed E-state index contributed by atoms with van der Waals surface area (Å²) >= 11 is 0. The molecule has 0 saturated carbocycles. The average Bonchev–Trinajstić information content (AvgIpc) is 2.90. The molecule has 0 bridgehead atoms. The molecule has 2 fully saturated rings. The average molecular weight is 361 g/mol. The van der Waals surface area contributed by atoms with Crippen LogP contribution in [0, 0.1) is 6.92 Å². The van der Waals surface area contributed by atoms with Crippen LogP contribution in [0.3, 0.4) is 0 Å². The molecule has 6 heteroatoms. The van der Waals surface area contributed by atoms with Crippen LogP contribution >= 0.6 is 0 Å². The zero-order valence-corrected chi connectivity index (χ0v) is 15.8. The van der Waals surface area contributed by atoms with Gasteiger partial charge in [-0.1, -0.05) is 24.3 Å². The summed E-state index contributed by atoms with van der Waals surface area (Å²) < 4.78 is 11.4. The number of amides is 2. The van der Waals surface area contributed by atoms with Crippen molar-refractivity contribution >= 4 is 6.03 Å². The molecule has 2 amide bonds. The van der Waals surface area contributed by atoms with Gasteiger partial charge in [-0.2, -0.15) is 0 Å². The molecule has 0 radical (unpaired) electrons. The molecule has 1 aromatic carbocycles. The monoisotopic (exact) mass is 361 g/mol. The fourth-order valence-corrected chi connectivity index (χ4v) is 3.57. The lowest BCUT2D eigenvalue weighted by molar-refractivity contribution is -0.0101. The van der Waals surface area contributed by atoms with Gasteiger partial charge in [0.05, 0.1) is 19.3 Å². The van der Waals surface area contributed by atoms with Crippen molar-refractivity contribution in [1.82, 2.24) is 15.1 Å². The molecule has 2 saturated heterocycles. The SMILES string of the molecule is Cc1ccccc1CCNC(=O)N1CCCOC(CN2CCOCC2)C1. The van der Waals surface area contributed by atoms with Crippen molar-refractivity contribution in [3.8, 4) is 0 Å². The predicted octanol–water partition coefficient (Wildman–Crippen LogP) is 1.67. The quantitative estimate of drug-likeness (QED) is 0.867. The van der Waals surface area contributed by atoms with Gasteiger partial charge in [-0.15, -0.1) is 0 Å². The van der Waals surface area contributed by atoms with Crippen molar-refractivity contribution in [2.45, 2.75) is 25.9 Å². The Morgan fingerprint density at radius 1 is 1.19 bits per heavy atom. The van der Waals surface area contributed by atoms with Gasteiger partial charge in [0.15, 0.2) is 0 Å². The highest BCUT2D eigenvalue weighted by Crippen LogP contribution is 2.10. The van der Waals surface area contributed by atoms with Crippen molar-refractivity contribution in [2.24, 2.45) is 0 Å². The minimum Gasteiger partial charge on any atom is -0.379 e. The summed E-state index contributed by atoms with van der Waals surface area (Å²) in [4.78, 5) is 16.9. The number of hydrogen-bond donors (Lipinski definition) is 1. The molecule has 3 rings (SSSR count). The number of ether oxygens (including phenoxy) is 2. The van der Waals surface area contributed by atoms with Crippen molar-refractivity contribution in [2.75, 3.05) is 59.1 Å². The standard InChI is InChI=1S/C20H31N3O3/c1-17-5-2-3-6-18(17)7-8-21-20(24)23-9-4-12-26-19(16-23)15-22-10-13-25-14-11-22/h2-3,5-6,19H,4,7-16H2,1H3,(H,21,24). The van der Waals surface area contributed by atoms with Gasteiger partial charge in [-0.3, -0.25) is 4.90 Å². The molecule has 144 valence electrons. The lowest BCUT2D eigenvalue weighted by Crippen LogP contribution is -2.48. The fourth-order valence-electron chi connectivity index (χ4n) is 3.57. The van der Waals surface area contributed by atoms with Gasteiger partial charge in [-0.25, -0.2) is 4.79 Å². The number of nitrogens with one attached hydrogen (secondary N) is 1. The number of rotatable bonds is 5. The van der Waals surface area contributed by atoms with E-state index in [0.717, 1.165) is 58.8 Å². The summed E-state index contributed by atoms with van der Waals surface area (Å²) in [6.07, 6.45) is 1.84. The number of hydrogen-bond acceptors (Lipinski definition) is 4. The van der Waals surface area contributed by atoms with Crippen LogP contribution in [0.1, 0.15) is 17.5 Å². The first-order chi connectivity index (χ1) is 12.7. The van der Waals surface area contributed by atoms with Crippen LogP contribution in [0.4, 0.5) is 4.79 Å². The maximum atomic E-state index is 12.6. The van der Waals surface area contributed by atoms with Gasteiger partial charge in [0.2, 0.25) is 0 Å². The van der Waals surface area contributed by atoms with Gasteiger partial charge >= 0.3 is 6.03 Å². The third kappa shape index (κ3) is 5.69. The van der Waals surface area contributed by atoms with E-state index in [1.165, 1.54) is 11.1 Å². The second-order valence-corrected chi connectivity index (χ2v) is 7.11. The van der Waals surface area contributed by atoms with Crippen molar-refractivity contribution in [3.63, 3.8) is 0 Å². The number of morpholine rings is 1. The first kappa shape index (κ1) is 19.1. The van der Waals surface area contributed by atoms with Crippen molar-refractivity contribution in [3.05, 3.63) is 35.4 Å². The van der Waals surface area contributed by atoms with Gasteiger partial charge < -0.3 is 19.7 Å². The van der Waals surface area contributed by atoms with Crippen LogP contribution in [0.2, 0.25) is 0 Å². The summed E-state index contributed by atoms with van der Waals surface area (Å²) in [5.74, 6) is 0. The molecule has 2 aliphatic rings. The van der Waals surface area contributed by atoms with E-state index in [1.54, 1.807) is 0 Å². The van der Waals surface area contributed by atoms with E-state index in [2.05, 4.69) is 29.3 Å². The summed E-state index contributed by atoms with van der Waals surface area (Å²) in [7, 11) is 0. The second kappa shape index (κ2) is 9.90. The van der Waals surface area contributed by atoms with Crippen LogP contribution in [0.25, 0.3) is 0 Å². The molecular weight excluding hydrogens is 330 g/mol. The van der Waals surface area contributed by atoms with E-state index < -0.39 is 0 Å². The minimum absolute atomic E-state index is 0.0241. The van der Waals surface area contributed by atoms with Crippen LogP contribution in [0.5, 0.6) is 0 Å². The van der Waals surface area contributed by atoms with E-state index >= 15 is 0 Å². The summed E-state index contributed by atoms with van der Waals surface area (Å²) in [5, 5.41) is 3.08. The Kier molecular flexibility index (Phi) is 7.29. The molecule has 0 aliphatic carbocycles. The number of benzene rings is 1. The van der Waals surface area contributed by atoms with Crippen LogP contribution in [0.15, 0.2) is 24.3 Å². The number of carbonyl (C=O) groups is 1. The summed E-state index contributed by atoms with van der Waals surface area (Å²) in [6.45, 7) is 9.26. The van der Waals surface area contributed by atoms with Crippen molar-refractivity contribution in [1.29, 1.82) is 0 Å². The smallest absolute Gasteiger partial charge is 0.317 e. The lowest BCUT2D eigenvalue weighted by Gasteiger charge is -2.31. The normalized spacial score (nSPS) is 22.0. The Morgan fingerprint density at radius 2 is 2.00 bits per heavy atom. The Balaban J connectivity index is 1.45. The molecule has 26 heavy (non-hydrogen) atoms. The van der Waals surface area contributed by atoms with Gasteiger partial charge in [0, 0.05) is 45.9 Å². The Morgan fingerprint density at radius 3 is 2.81 bits per heavy atom. The zero-order valence-electron chi connectivity index (χ0n) is 15.8. The highest BCUT2D eigenvalue weighted by Gasteiger charge is 2.24. The Bertz CT molecular complexity index is 575. The molecule has 6 nitrogen and oxygen atoms in total. The minimum atomic E-state index is 0.0241. The first-order valence-electron chi connectivity index (χ1n) is 9.71. The third-order valence-corrected chi connectivity index (χ3v) is 5.13. The summed E-state index contributed by atoms with van der Waals surface area (Å²) in [6, 6.07) is 8.35. The van der Waals surface area contributed by atoms with Crippen LogP contribution in [-0.2, 0) is 15.9 Å². The zero-order chi connectivity index (χ0) is 18.2. The Hall–Kier alpha value is -1.63. The maximum absolute atomic E-state index is 12.6. The number of aryl methyl sites for hydroxylation is 1. The van der Waals surface area contributed by atoms with Gasteiger partial charge in [0.25, 0.3) is 0 Å². The van der Waals surface area contributed by atoms with Crippen LogP contribution < -0.4 is 5.32 Å². The maximum Gasteiger partial charge on any atom is 0.317 e. The number of nitrogens with zero attached hydrogens (tertiary/aromatic N) is 2. The molecule has 1 N–H and O–H groups in total. The van der Waals surface area contributed by atoms with E-state index in [-0.39, 0.29) is 12.1 Å². The predicted molar refractivity (Wildman–Crippen MR) is 101 cm³/mol. The highest BCUT2D eigenvalue weighted by atomic mass is 16.5. The van der Waals surface area contributed by atoms with Gasteiger partial charge in [-0.05, 0) is 30.9 Å². The molecule has 1 atom stereocenters. The molecule has 2 aliphatic heterocycles.